The Morgan fingerprint density at radius 2 is 1.38 bits per heavy atom. The molecule has 0 saturated heterocycles. The largest absolute Gasteiger partial charge is 0.378 e. The average molecular weight is 229 g/mol. The number of methoxy groups -OCH3 is 1. The summed E-state index contributed by atoms with van der Waals surface area (Å²) in [6.45, 7) is 12.2. The minimum atomic E-state index is 0.0498. The molecule has 0 bridgehead atoms. The van der Waals surface area contributed by atoms with Crippen molar-refractivity contribution in [1.29, 1.82) is 0 Å². The molecule has 0 aliphatic carbocycles. The highest BCUT2D eigenvalue weighted by Crippen LogP contribution is 2.33. The molecule has 0 fully saturated rings. The molecule has 16 heavy (non-hydrogen) atoms. The fourth-order valence-corrected chi connectivity index (χ4v) is 2.67. The normalized spacial score (nSPS) is 13.1. The van der Waals surface area contributed by atoms with Crippen molar-refractivity contribution < 1.29 is 4.74 Å². The first kappa shape index (κ1) is 15.9. The molecule has 0 aliphatic rings. The molecule has 0 unspecified atom stereocenters. The van der Waals surface area contributed by atoms with Crippen molar-refractivity contribution >= 4 is 0 Å². The summed E-state index contributed by atoms with van der Waals surface area (Å²) in [4.78, 5) is 0. The molecule has 2 nitrogen and oxygen atoms in total. The van der Waals surface area contributed by atoms with Gasteiger partial charge in [-0.1, -0.05) is 34.6 Å². The van der Waals surface area contributed by atoms with Gasteiger partial charge in [-0.25, -0.2) is 0 Å². The van der Waals surface area contributed by atoms with E-state index in [1.165, 1.54) is 12.8 Å². The van der Waals surface area contributed by atoms with Gasteiger partial charge in [-0.2, -0.15) is 0 Å². The van der Waals surface area contributed by atoms with Crippen LogP contribution in [0.4, 0.5) is 0 Å². The molecule has 0 spiro atoms. The van der Waals surface area contributed by atoms with Gasteiger partial charge in [0.25, 0.3) is 0 Å². The van der Waals surface area contributed by atoms with Gasteiger partial charge in [-0.3, -0.25) is 0 Å². The molecule has 0 saturated carbocycles. The molecular weight excluding hydrogens is 198 g/mol. The summed E-state index contributed by atoms with van der Waals surface area (Å²) in [5.41, 5.74) is 0.297. The molecule has 0 heterocycles. The Bertz CT molecular complexity index is 163. The van der Waals surface area contributed by atoms with Crippen LogP contribution >= 0.6 is 0 Å². The summed E-state index contributed by atoms with van der Waals surface area (Å²) >= 11 is 0. The second-order valence-electron chi connectivity index (χ2n) is 4.79. The third-order valence-corrected chi connectivity index (χ3v) is 4.29. The second kappa shape index (κ2) is 7.29. The van der Waals surface area contributed by atoms with Gasteiger partial charge in [0.2, 0.25) is 0 Å². The van der Waals surface area contributed by atoms with Gasteiger partial charge in [0.05, 0.1) is 5.60 Å². The monoisotopic (exact) mass is 229 g/mol. The molecule has 0 aromatic rings. The highest BCUT2D eigenvalue weighted by molar-refractivity contribution is 4.94. The quantitative estimate of drug-likeness (QED) is 0.650. The van der Waals surface area contributed by atoms with Gasteiger partial charge < -0.3 is 10.1 Å². The van der Waals surface area contributed by atoms with E-state index in [-0.39, 0.29) is 11.1 Å². The Hall–Kier alpha value is -0.0800. The van der Waals surface area contributed by atoms with Crippen LogP contribution in [0.1, 0.15) is 66.7 Å². The van der Waals surface area contributed by atoms with Crippen molar-refractivity contribution in [2.75, 3.05) is 13.7 Å². The first-order valence-electron chi connectivity index (χ1n) is 6.87. The van der Waals surface area contributed by atoms with E-state index >= 15 is 0 Å². The van der Waals surface area contributed by atoms with Gasteiger partial charge in [0, 0.05) is 12.6 Å². The van der Waals surface area contributed by atoms with E-state index in [0.29, 0.717) is 0 Å². The minimum absolute atomic E-state index is 0.0498. The van der Waals surface area contributed by atoms with E-state index in [4.69, 9.17) is 4.74 Å². The summed E-state index contributed by atoms with van der Waals surface area (Å²) < 4.78 is 5.80. The van der Waals surface area contributed by atoms with E-state index in [1.54, 1.807) is 0 Å². The van der Waals surface area contributed by atoms with Crippen LogP contribution in [-0.2, 0) is 4.74 Å². The highest BCUT2D eigenvalue weighted by atomic mass is 16.5. The highest BCUT2D eigenvalue weighted by Gasteiger charge is 2.36. The van der Waals surface area contributed by atoms with Gasteiger partial charge in [0.1, 0.15) is 0 Å². The van der Waals surface area contributed by atoms with Crippen molar-refractivity contribution in [2.24, 2.45) is 0 Å². The zero-order chi connectivity index (χ0) is 12.7. The van der Waals surface area contributed by atoms with Crippen molar-refractivity contribution in [2.45, 2.75) is 77.9 Å². The lowest BCUT2D eigenvalue weighted by atomic mass is 9.78. The SMILES string of the molecule is CCNC(CC)(CC)CC(CC)(CC)OC. The van der Waals surface area contributed by atoms with Crippen LogP contribution in [0.3, 0.4) is 0 Å². The van der Waals surface area contributed by atoms with Crippen molar-refractivity contribution in [3.63, 3.8) is 0 Å². The van der Waals surface area contributed by atoms with Gasteiger partial charge >= 0.3 is 0 Å². The third kappa shape index (κ3) is 3.74. The predicted molar refractivity (Wildman–Crippen MR) is 71.9 cm³/mol. The number of rotatable bonds is 9. The molecule has 1 N–H and O–H groups in total. The van der Waals surface area contributed by atoms with Crippen molar-refractivity contribution in [1.82, 2.24) is 5.32 Å². The van der Waals surface area contributed by atoms with E-state index in [2.05, 4.69) is 39.9 Å². The van der Waals surface area contributed by atoms with Crippen molar-refractivity contribution in [3.05, 3.63) is 0 Å². The summed E-state index contributed by atoms with van der Waals surface area (Å²) in [7, 11) is 1.86. The van der Waals surface area contributed by atoms with E-state index in [9.17, 15) is 0 Å². The number of ether oxygens (including phenoxy) is 1. The Balaban J connectivity index is 4.81. The molecule has 0 radical (unpaired) electrons. The van der Waals surface area contributed by atoms with E-state index in [1.807, 2.05) is 7.11 Å². The van der Waals surface area contributed by atoms with Crippen LogP contribution in [0.5, 0.6) is 0 Å². The fourth-order valence-electron chi connectivity index (χ4n) is 2.67. The molecule has 0 amide bonds. The lowest BCUT2D eigenvalue weighted by Gasteiger charge is -2.42. The molecule has 0 aromatic heterocycles. The second-order valence-corrected chi connectivity index (χ2v) is 4.79. The zero-order valence-electron chi connectivity index (χ0n) is 12.2. The lowest BCUT2D eigenvalue weighted by molar-refractivity contribution is -0.0461. The molecule has 0 aromatic carbocycles. The van der Waals surface area contributed by atoms with Gasteiger partial charge in [-0.05, 0) is 38.6 Å². The smallest absolute Gasteiger partial charge is 0.0691 e. The first-order chi connectivity index (χ1) is 7.57. The maximum atomic E-state index is 5.80. The molecule has 98 valence electrons. The Morgan fingerprint density at radius 1 is 0.875 bits per heavy atom. The Morgan fingerprint density at radius 3 is 1.62 bits per heavy atom. The topological polar surface area (TPSA) is 21.3 Å². The summed E-state index contributed by atoms with van der Waals surface area (Å²) in [5, 5.41) is 3.67. The minimum Gasteiger partial charge on any atom is -0.378 e. The molecule has 0 atom stereocenters. The summed E-state index contributed by atoms with van der Waals surface area (Å²) in [5.74, 6) is 0. The predicted octanol–water partition coefficient (Wildman–Crippen LogP) is 3.75. The zero-order valence-corrected chi connectivity index (χ0v) is 12.2. The van der Waals surface area contributed by atoms with Crippen molar-refractivity contribution in [3.8, 4) is 0 Å². The summed E-state index contributed by atoms with van der Waals surface area (Å²) in [6, 6.07) is 0. The van der Waals surface area contributed by atoms with Crippen LogP contribution in [0.25, 0.3) is 0 Å². The number of nitrogens with one attached hydrogen (secondary N) is 1. The fraction of sp³-hybridized carbons (Fsp3) is 1.00. The average Bonchev–Trinajstić information content (AvgIpc) is 2.35. The lowest BCUT2D eigenvalue weighted by Crippen LogP contribution is -2.50. The van der Waals surface area contributed by atoms with Crippen LogP contribution < -0.4 is 5.32 Å². The number of hydrogen-bond acceptors (Lipinski definition) is 2. The van der Waals surface area contributed by atoms with Crippen LogP contribution in [0.15, 0.2) is 0 Å². The standard InChI is InChI=1S/C14H31NO/c1-7-13(8-2,15-11-5)12-14(9-3,10-4)16-6/h15H,7-12H2,1-6H3. The maximum Gasteiger partial charge on any atom is 0.0691 e. The first-order valence-corrected chi connectivity index (χ1v) is 6.87. The van der Waals surface area contributed by atoms with E-state index in [0.717, 1.165) is 25.8 Å². The summed E-state index contributed by atoms with van der Waals surface area (Å²) in [6.07, 6.45) is 5.63. The van der Waals surface area contributed by atoms with Gasteiger partial charge in [-0.15, -0.1) is 0 Å². The molecule has 2 heteroatoms. The van der Waals surface area contributed by atoms with Crippen LogP contribution in [-0.4, -0.2) is 24.8 Å². The third-order valence-electron chi connectivity index (χ3n) is 4.29. The van der Waals surface area contributed by atoms with Gasteiger partial charge in [0.15, 0.2) is 0 Å². The maximum absolute atomic E-state index is 5.80. The number of hydrogen-bond donors (Lipinski definition) is 1. The van der Waals surface area contributed by atoms with E-state index < -0.39 is 0 Å². The van der Waals surface area contributed by atoms with Crippen LogP contribution in [0, 0.1) is 0 Å². The molecular formula is C14H31NO. The van der Waals surface area contributed by atoms with Crippen LogP contribution in [0.2, 0.25) is 0 Å². The molecule has 0 aliphatic heterocycles. The molecule has 0 rings (SSSR count). The Kier molecular flexibility index (Phi) is 7.25. The Labute approximate surface area is 102 Å².